The summed E-state index contributed by atoms with van der Waals surface area (Å²) >= 11 is 3.64. The molecule has 0 aliphatic rings. The molecule has 0 aromatic heterocycles. The number of methoxy groups -OCH3 is 1. The predicted octanol–water partition coefficient (Wildman–Crippen LogP) is 5.09. The molecular weight excluding hydrogens is 366 g/mol. The van der Waals surface area contributed by atoms with Crippen molar-refractivity contribution in [3.63, 3.8) is 0 Å². The van der Waals surface area contributed by atoms with Gasteiger partial charge in [0.25, 0.3) is 0 Å². The number of ether oxygens (including phenoxy) is 2. The average Bonchev–Trinajstić information content (AvgIpc) is 2.54. The summed E-state index contributed by atoms with van der Waals surface area (Å²) in [6.07, 6.45) is 0. The third kappa shape index (κ3) is 5.25. The molecule has 0 heterocycles. The Kier molecular flexibility index (Phi) is 7.13. The van der Waals surface area contributed by atoms with Crippen LogP contribution < -0.4 is 14.8 Å². The molecule has 130 valence electrons. The van der Waals surface area contributed by atoms with Gasteiger partial charge in [0.1, 0.15) is 6.61 Å². The molecular formula is C20H26BrNO2. The van der Waals surface area contributed by atoms with E-state index in [0.29, 0.717) is 12.5 Å². The Balaban J connectivity index is 2.20. The highest BCUT2D eigenvalue weighted by molar-refractivity contribution is 9.10. The van der Waals surface area contributed by atoms with Gasteiger partial charge in [0.15, 0.2) is 11.5 Å². The third-order valence-corrected chi connectivity index (χ3v) is 4.45. The lowest BCUT2D eigenvalue weighted by atomic mass is 10.1. The smallest absolute Gasteiger partial charge is 0.167 e. The molecule has 0 aliphatic heterocycles. The van der Waals surface area contributed by atoms with Crippen molar-refractivity contribution in [3.05, 3.63) is 57.6 Å². The first-order valence-electron chi connectivity index (χ1n) is 8.25. The molecule has 4 heteroatoms. The predicted molar refractivity (Wildman–Crippen MR) is 103 cm³/mol. The van der Waals surface area contributed by atoms with Crippen molar-refractivity contribution in [2.75, 3.05) is 13.7 Å². The molecule has 0 amide bonds. The molecule has 3 nitrogen and oxygen atoms in total. The third-order valence-electron chi connectivity index (χ3n) is 3.71. The van der Waals surface area contributed by atoms with Crippen molar-refractivity contribution in [1.82, 2.24) is 5.32 Å². The minimum Gasteiger partial charge on any atom is -0.493 e. The summed E-state index contributed by atoms with van der Waals surface area (Å²) in [4.78, 5) is 0. The summed E-state index contributed by atoms with van der Waals surface area (Å²) in [7, 11) is 1.67. The first-order valence-corrected chi connectivity index (χ1v) is 9.05. The van der Waals surface area contributed by atoms with E-state index in [1.165, 1.54) is 5.56 Å². The number of aryl methyl sites for hydroxylation is 1. The van der Waals surface area contributed by atoms with Crippen molar-refractivity contribution in [1.29, 1.82) is 0 Å². The van der Waals surface area contributed by atoms with Gasteiger partial charge in [0, 0.05) is 16.6 Å². The van der Waals surface area contributed by atoms with Crippen molar-refractivity contribution in [2.45, 2.75) is 33.9 Å². The van der Waals surface area contributed by atoms with Crippen molar-refractivity contribution in [3.8, 4) is 11.5 Å². The molecule has 0 fully saturated rings. The Morgan fingerprint density at radius 1 is 1.17 bits per heavy atom. The highest BCUT2D eigenvalue weighted by Gasteiger charge is 2.15. The van der Waals surface area contributed by atoms with E-state index in [1.54, 1.807) is 7.11 Å². The van der Waals surface area contributed by atoms with Crippen LogP contribution in [0.4, 0.5) is 0 Å². The summed E-state index contributed by atoms with van der Waals surface area (Å²) in [5.74, 6) is 2.16. The normalized spacial score (nSPS) is 10.9. The van der Waals surface area contributed by atoms with Gasteiger partial charge in [-0.05, 0) is 37.1 Å². The number of hydrogen-bond acceptors (Lipinski definition) is 3. The Labute approximate surface area is 153 Å². The molecule has 1 N–H and O–H groups in total. The van der Waals surface area contributed by atoms with Gasteiger partial charge in [-0.1, -0.05) is 59.6 Å². The van der Waals surface area contributed by atoms with Gasteiger partial charge in [-0.25, -0.2) is 0 Å². The Bertz CT molecular complexity index is 671. The number of rotatable bonds is 8. The van der Waals surface area contributed by atoms with E-state index < -0.39 is 0 Å². The van der Waals surface area contributed by atoms with Crippen LogP contribution in [0.1, 0.15) is 30.5 Å². The van der Waals surface area contributed by atoms with Gasteiger partial charge in [-0.2, -0.15) is 0 Å². The first kappa shape index (κ1) is 18.8. The zero-order valence-corrected chi connectivity index (χ0v) is 16.4. The molecule has 0 spiro atoms. The molecule has 0 unspecified atom stereocenters. The van der Waals surface area contributed by atoms with Crippen LogP contribution in [0.25, 0.3) is 0 Å². The molecule has 0 saturated heterocycles. The maximum Gasteiger partial charge on any atom is 0.167 e. The molecule has 0 aliphatic carbocycles. The van der Waals surface area contributed by atoms with Crippen LogP contribution in [0.15, 0.2) is 40.9 Å². The lowest BCUT2D eigenvalue weighted by molar-refractivity contribution is 0.280. The number of benzene rings is 2. The second kappa shape index (κ2) is 9.09. The van der Waals surface area contributed by atoms with E-state index in [-0.39, 0.29) is 0 Å². The fourth-order valence-electron chi connectivity index (χ4n) is 2.51. The van der Waals surface area contributed by atoms with Crippen LogP contribution in [0.2, 0.25) is 0 Å². The van der Waals surface area contributed by atoms with Gasteiger partial charge in [-0.3, -0.25) is 0 Å². The van der Waals surface area contributed by atoms with Crippen LogP contribution in [0, 0.1) is 12.8 Å². The van der Waals surface area contributed by atoms with Crippen LogP contribution in [-0.2, 0) is 13.2 Å². The zero-order chi connectivity index (χ0) is 17.5. The lowest BCUT2D eigenvalue weighted by Crippen LogP contribution is -2.20. The van der Waals surface area contributed by atoms with Gasteiger partial charge in [0.2, 0.25) is 0 Å². The minimum absolute atomic E-state index is 0.520. The minimum atomic E-state index is 0.520. The zero-order valence-electron chi connectivity index (χ0n) is 14.9. The number of hydrogen-bond donors (Lipinski definition) is 1. The number of nitrogens with one attached hydrogen (secondary N) is 1. The molecule has 2 aromatic rings. The SMILES string of the molecule is COc1ccc(Br)c(CNCC(C)C)c1OCc1cccc(C)c1. The Morgan fingerprint density at radius 3 is 2.62 bits per heavy atom. The summed E-state index contributed by atoms with van der Waals surface area (Å²) in [5.41, 5.74) is 3.47. The monoisotopic (exact) mass is 391 g/mol. The lowest BCUT2D eigenvalue weighted by Gasteiger charge is -2.18. The van der Waals surface area contributed by atoms with E-state index in [0.717, 1.165) is 40.2 Å². The van der Waals surface area contributed by atoms with E-state index in [9.17, 15) is 0 Å². The van der Waals surface area contributed by atoms with Crippen molar-refractivity contribution < 1.29 is 9.47 Å². The maximum atomic E-state index is 6.14. The average molecular weight is 392 g/mol. The van der Waals surface area contributed by atoms with Crippen LogP contribution in [-0.4, -0.2) is 13.7 Å². The van der Waals surface area contributed by atoms with Crippen LogP contribution in [0.5, 0.6) is 11.5 Å². The Hall–Kier alpha value is -1.52. The summed E-state index contributed by atoms with van der Waals surface area (Å²) in [6, 6.07) is 12.3. The van der Waals surface area contributed by atoms with Crippen LogP contribution in [0.3, 0.4) is 0 Å². The van der Waals surface area contributed by atoms with E-state index in [2.05, 4.69) is 66.3 Å². The maximum absolute atomic E-state index is 6.14. The molecule has 0 radical (unpaired) electrons. The van der Waals surface area contributed by atoms with Crippen molar-refractivity contribution in [2.24, 2.45) is 5.92 Å². The van der Waals surface area contributed by atoms with Gasteiger partial charge in [-0.15, -0.1) is 0 Å². The van der Waals surface area contributed by atoms with Crippen LogP contribution >= 0.6 is 15.9 Å². The quantitative estimate of drug-likeness (QED) is 0.679. The van der Waals surface area contributed by atoms with Gasteiger partial charge < -0.3 is 14.8 Å². The van der Waals surface area contributed by atoms with E-state index >= 15 is 0 Å². The second-order valence-electron chi connectivity index (χ2n) is 6.36. The highest BCUT2D eigenvalue weighted by Crippen LogP contribution is 2.36. The number of halogens is 1. The molecule has 24 heavy (non-hydrogen) atoms. The summed E-state index contributed by atoms with van der Waals surface area (Å²) in [6.45, 7) is 8.70. The van der Waals surface area contributed by atoms with E-state index in [1.807, 2.05) is 12.1 Å². The van der Waals surface area contributed by atoms with Gasteiger partial charge >= 0.3 is 0 Å². The molecule has 0 saturated carbocycles. The highest BCUT2D eigenvalue weighted by atomic mass is 79.9. The fraction of sp³-hybridized carbons (Fsp3) is 0.400. The molecule has 0 bridgehead atoms. The van der Waals surface area contributed by atoms with Crippen molar-refractivity contribution >= 4 is 15.9 Å². The van der Waals surface area contributed by atoms with E-state index in [4.69, 9.17) is 9.47 Å². The largest absolute Gasteiger partial charge is 0.493 e. The van der Waals surface area contributed by atoms with Gasteiger partial charge in [0.05, 0.1) is 7.11 Å². The second-order valence-corrected chi connectivity index (χ2v) is 7.21. The standard InChI is InChI=1S/C20H26BrNO2/c1-14(2)11-22-12-17-18(21)8-9-19(23-4)20(17)24-13-16-7-5-6-15(3)10-16/h5-10,14,22H,11-13H2,1-4H3. The summed E-state index contributed by atoms with van der Waals surface area (Å²) < 4.78 is 12.7. The first-order chi connectivity index (χ1) is 11.5. The molecule has 2 rings (SSSR count). The molecule has 2 aromatic carbocycles. The Morgan fingerprint density at radius 2 is 1.96 bits per heavy atom. The summed E-state index contributed by atoms with van der Waals surface area (Å²) in [5, 5.41) is 3.48. The fourth-order valence-corrected chi connectivity index (χ4v) is 2.96. The topological polar surface area (TPSA) is 30.5 Å². The molecule has 0 atom stereocenters.